The maximum absolute atomic E-state index is 5.56. The van der Waals surface area contributed by atoms with E-state index in [-0.39, 0.29) is 5.48 Å². The number of fused-ring (bicyclic) bond motifs is 4. The Morgan fingerprint density at radius 2 is 0.816 bits per heavy atom. The van der Waals surface area contributed by atoms with Crippen molar-refractivity contribution in [2.45, 2.75) is 0 Å². The molecule has 0 saturated carbocycles. The maximum atomic E-state index is 5.56. The van der Waals surface area contributed by atoms with Crippen molar-refractivity contribution in [3.05, 3.63) is 215 Å². The SMILES string of the molecule is C1=CC2=NC1=CC1=NC(=C(c3ccccc3)C3=NC(=CC4=NC(=C2)C=C4)C=C3c2ccccc2)C(c2ccccc2)=C1c1ccccc1.O. The van der Waals surface area contributed by atoms with E-state index in [1.807, 2.05) is 36.4 Å². The van der Waals surface area contributed by atoms with Crippen molar-refractivity contribution in [2.24, 2.45) is 20.0 Å². The molecule has 9 rings (SSSR count). The highest BCUT2D eigenvalue weighted by Crippen LogP contribution is 2.46. The molecule has 5 aliphatic heterocycles. The second kappa shape index (κ2) is 12.6. The van der Waals surface area contributed by atoms with Crippen molar-refractivity contribution in [1.29, 1.82) is 0 Å². The van der Waals surface area contributed by atoms with Crippen LogP contribution in [-0.4, -0.2) is 28.3 Å². The average Bonchev–Trinajstić information content (AvgIpc) is 3.94. The number of benzene rings is 4. The second-order valence-electron chi connectivity index (χ2n) is 11.9. The number of nitrogens with zero attached hydrogens (tertiary/aromatic N) is 4. The zero-order valence-electron chi connectivity index (χ0n) is 26.5. The summed E-state index contributed by atoms with van der Waals surface area (Å²) in [5, 5.41) is 0. The lowest BCUT2D eigenvalue weighted by atomic mass is 9.86. The summed E-state index contributed by atoms with van der Waals surface area (Å²) in [6.07, 6.45) is 16.5. The molecule has 0 spiro atoms. The van der Waals surface area contributed by atoms with Gasteiger partial charge in [0.1, 0.15) is 0 Å². The first-order valence-electron chi connectivity index (χ1n) is 16.1. The van der Waals surface area contributed by atoms with Gasteiger partial charge < -0.3 is 5.48 Å². The smallest absolute Gasteiger partial charge is 0.0822 e. The Morgan fingerprint density at radius 3 is 1.39 bits per heavy atom. The van der Waals surface area contributed by atoms with Gasteiger partial charge in [0, 0.05) is 22.3 Å². The largest absolute Gasteiger partial charge is 0.412 e. The summed E-state index contributed by atoms with van der Waals surface area (Å²) < 4.78 is 0. The second-order valence-corrected chi connectivity index (χ2v) is 11.9. The Labute approximate surface area is 284 Å². The fraction of sp³-hybridized carbons (Fsp3) is 0. The van der Waals surface area contributed by atoms with E-state index >= 15 is 0 Å². The van der Waals surface area contributed by atoms with Gasteiger partial charge in [-0.25, -0.2) is 20.0 Å². The van der Waals surface area contributed by atoms with Crippen LogP contribution in [0.5, 0.6) is 0 Å². The van der Waals surface area contributed by atoms with Crippen molar-refractivity contribution in [2.75, 3.05) is 0 Å². The van der Waals surface area contributed by atoms with E-state index in [1.165, 1.54) is 0 Å². The molecular formula is C44H30N4O. The average molecular weight is 631 g/mol. The number of rotatable bonds is 4. The fourth-order valence-electron chi connectivity index (χ4n) is 6.63. The van der Waals surface area contributed by atoms with Crippen LogP contribution in [0.25, 0.3) is 22.3 Å². The molecule has 8 bridgehead atoms. The van der Waals surface area contributed by atoms with Crippen LogP contribution in [0.1, 0.15) is 22.3 Å². The first-order chi connectivity index (χ1) is 23.8. The Balaban J connectivity index is 0.00000348. The Hall–Kier alpha value is -6.56. The van der Waals surface area contributed by atoms with Gasteiger partial charge in [-0.3, -0.25) is 0 Å². The lowest BCUT2D eigenvalue weighted by Gasteiger charge is -2.17. The standard InChI is InChI=1S/C44H28N4.H2O/c1-5-13-29(14-6-1)38-27-37-26-35-22-21-33(45-35)25-34-23-24-36(46-34)28-39-40(30-15-7-2-8-16-30)41(31-17-9-3-10-18-31)44(48-39)42(43(38)47-37)32-19-11-4-12-20-32;/h1-28H;1H2. The van der Waals surface area contributed by atoms with Crippen LogP contribution < -0.4 is 0 Å². The molecule has 0 aliphatic carbocycles. The van der Waals surface area contributed by atoms with Gasteiger partial charge in [0.15, 0.2) is 0 Å². The molecular weight excluding hydrogens is 601 g/mol. The van der Waals surface area contributed by atoms with Gasteiger partial charge in [0.2, 0.25) is 0 Å². The number of hydrogen-bond donors (Lipinski definition) is 0. The summed E-state index contributed by atoms with van der Waals surface area (Å²) in [7, 11) is 0. The molecule has 232 valence electrons. The molecule has 2 N–H and O–H groups in total. The Morgan fingerprint density at radius 1 is 0.347 bits per heavy atom. The quantitative estimate of drug-likeness (QED) is 0.216. The Kier molecular flexibility index (Phi) is 7.65. The molecule has 5 aliphatic rings. The minimum atomic E-state index is 0. The molecule has 0 saturated heterocycles. The minimum Gasteiger partial charge on any atom is -0.412 e. The summed E-state index contributed by atoms with van der Waals surface area (Å²) in [5.41, 5.74) is 15.3. The van der Waals surface area contributed by atoms with E-state index in [2.05, 4.69) is 133 Å². The third-order valence-corrected chi connectivity index (χ3v) is 8.75. The monoisotopic (exact) mass is 630 g/mol. The van der Waals surface area contributed by atoms with Crippen LogP contribution >= 0.6 is 0 Å². The molecule has 0 aromatic heterocycles. The van der Waals surface area contributed by atoms with E-state index in [1.54, 1.807) is 0 Å². The molecule has 5 heteroatoms. The van der Waals surface area contributed by atoms with Crippen LogP contribution in [0.4, 0.5) is 0 Å². The third kappa shape index (κ3) is 5.58. The maximum Gasteiger partial charge on any atom is 0.0822 e. The first-order valence-corrected chi connectivity index (χ1v) is 16.1. The van der Waals surface area contributed by atoms with Gasteiger partial charge >= 0.3 is 0 Å². The van der Waals surface area contributed by atoms with E-state index in [9.17, 15) is 0 Å². The van der Waals surface area contributed by atoms with Crippen molar-refractivity contribution in [3.8, 4) is 0 Å². The van der Waals surface area contributed by atoms with Gasteiger partial charge in [-0.15, -0.1) is 0 Å². The normalized spacial score (nSPS) is 17.5. The van der Waals surface area contributed by atoms with Gasteiger partial charge in [-0.05, 0) is 70.9 Å². The van der Waals surface area contributed by atoms with Crippen molar-refractivity contribution >= 4 is 45.1 Å². The zero-order valence-corrected chi connectivity index (χ0v) is 26.5. The highest BCUT2D eigenvalue weighted by molar-refractivity contribution is 6.50. The van der Waals surface area contributed by atoms with E-state index in [4.69, 9.17) is 20.0 Å². The number of allylic oxidation sites excluding steroid dienone is 12. The Bertz CT molecular complexity index is 2380. The molecule has 0 radical (unpaired) electrons. The van der Waals surface area contributed by atoms with Crippen LogP contribution in [0.3, 0.4) is 0 Å². The highest BCUT2D eigenvalue weighted by Gasteiger charge is 2.32. The number of aliphatic imine (C=N–C) groups is 4. The molecule has 5 nitrogen and oxygen atoms in total. The van der Waals surface area contributed by atoms with Crippen molar-refractivity contribution < 1.29 is 5.48 Å². The van der Waals surface area contributed by atoms with Crippen LogP contribution in [0, 0.1) is 0 Å². The summed E-state index contributed by atoms with van der Waals surface area (Å²) in [6.45, 7) is 0. The summed E-state index contributed by atoms with van der Waals surface area (Å²) in [4.78, 5) is 20.8. The molecule has 0 fully saturated rings. The predicted molar refractivity (Wildman–Crippen MR) is 203 cm³/mol. The minimum absolute atomic E-state index is 0. The fourth-order valence-corrected chi connectivity index (χ4v) is 6.63. The van der Waals surface area contributed by atoms with Gasteiger partial charge in [0.05, 0.1) is 45.6 Å². The van der Waals surface area contributed by atoms with Gasteiger partial charge in [-0.2, -0.15) is 0 Å². The molecule has 0 unspecified atom stereocenters. The van der Waals surface area contributed by atoms with Crippen LogP contribution in [0.15, 0.2) is 213 Å². The molecule has 4 aromatic carbocycles. The van der Waals surface area contributed by atoms with E-state index in [0.29, 0.717) is 0 Å². The molecule has 0 amide bonds. The molecule has 4 aromatic rings. The summed E-state index contributed by atoms with van der Waals surface area (Å²) in [5.74, 6) is 0. The molecule has 5 heterocycles. The van der Waals surface area contributed by atoms with Crippen molar-refractivity contribution in [1.82, 2.24) is 0 Å². The third-order valence-electron chi connectivity index (χ3n) is 8.75. The van der Waals surface area contributed by atoms with Gasteiger partial charge in [0.25, 0.3) is 0 Å². The lowest BCUT2D eigenvalue weighted by Crippen LogP contribution is -2.07. The predicted octanol–water partition coefficient (Wildman–Crippen LogP) is 8.86. The highest BCUT2D eigenvalue weighted by atomic mass is 16.0. The first kappa shape index (κ1) is 29.8. The van der Waals surface area contributed by atoms with Crippen LogP contribution in [-0.2, 0) is 0 Å². The molecule has 49 heavy (non-hydrogen) atoms. The lowest BCUT2D eigenvalue weighted by molar-refractivity contribution is 0.824. The van der Waals surface area contributed by atoms with Crippen LogP contribution in [0.2, 0.25) is 0 Å². The number of hydrogen-bond acceptors (Lipinski definition) is 4. The topological polar surface area (TPSA) is 80.9 Å². The zero-order chi connectivity index (χ0) is 31.9. The van der Waals surface area contributed by atoms with E-state index in [0.717, 1.165) is 90.2 Å². The summed E-state index contributed by atoms with van der Waals surface area (Å²) >= 11 is 0. The van der Waals surface area contributed by atoms with Gasteiger partial charge in [-0.1, -0.05) is 121 Å². The molecule has 0 atom stereocenters. The summed E-state index contributed by atoms with van der Waals surface area (Å²) in [6, 6.07) is 42.1. The van der Waals surface area contributed by atoms with Crippen molar-refractivity contribution in [3.63, 3.8) is 0 Å². The van der Waals surface area contributed by atoms with E-state index < -0.39 is 0 Å².